The van der Waals surface area contributed by atoms with E-state index in [1.807, 2.05) is 0 Å². The zero-order chi connectivity index (χ0) is 8.97. The van der Waals surface area contributed by atoms with Crippen LogP contribution in [0.15, 0.2) is 0 Å². The Morgan fingerprint density at radius 2 is 2.17 bits per heavy atom. The molecule has 1 N–H and O–H groups in total. The fourth-order valence-corrected chi connectivity index (χ4v) is 1.88. The van der Waals surface area contributed by atoms with Crippen LogP contribution in [0.3, 0.4) is 0 Å². The molecule has 1 heterocycles. The molecule has 1 fully saturated rings. The third kappa shape index (κ3) is 2.44. The third-order valence-electron chi connectivity index (χ3n) is 2.64. The molecule has 0 radical (unpaired) electrons. The van der Waals surface area contributed by atoms with E-state index < -0.39 is 0 Å². The van der Waals surface area contributed by atoms with Gasteiger partial charge >= 0.3 is 0 Å². The predicted molar refractivity (Wildman–Crippen MR) is 50.2 cm³/mol. The molecule has 0 bridgehead atoms. The molecule has 0 spiro atoms. The Kier molecular flexibility index (Phi) is 3.98. The predicted octanol–water partition coefficient (Wildman–Crippen LogP) is 0.00470. The standard InChI is InChI=1S/C9H20N2O/c1-3-11-6-4-5-10(2)7-9(11)8-12/h9,12H,3-8H2,1-2H3. The Bertz CT molecular complexity index is 130. The highest BCUT2D eigenvalue weighted by Gasteiger charge is 2.20. The molecule has 1 saturated heterocycles. The number of hydrogen-bond donors (Lipinski definition) is 1. The van der Waals surface area contributed by atoms with Crippen LogP contribution in [0.2, 0.25) is 0 Å². The van der Waals surface area contributed by atoms with E-state index in [-0.39, 0.29) is 6.61 Å². The van der Waals surface area contributed by atoms with Gasteiger partial charge in [0.1, 0.15) is 0 Å². The molecule has 12 heavy (non-hydrogen) atoms. The van der Waals surface area contributed by atoms with Crippen LogP contribution in [0.1, 0.15) is 13.3 Å². The third-order valence-corrected chi connectivity index (χ3v) is 2.64. The van der Waals surface area contributed by atoms with Crippen molar-refractivity contribution in [3.05, 3.63) is 0 Å². The zero-order valence-corrected chi connectivity index (χ0v) is 8.16. The van der Waals surface area contributed by atoms with E-state index in [2.05, 4.69) is 23.8 Å². The Balaban J connectivity index is 2.49. The SMILES string of the molecule is CCN1CCCN(C)CC1CO. The summed E-state index contributed by atoms with van der Waals surface area (Å²) in [6.07, 6.45) is 1.22. The molecule has 0 aromatic carbocycles. The first-order chi connectivity index (χ1) is 5.77. The minimum absolute atomic E-state index is 0.290. The summed E-state index contributed by atoms with van der Waals surface area (Å²) in [5.41, 5.74) is 0. The molecule has 0 saturated carbocycles. The number of aliphatic hydroxyl groups is 1. The summed E-state index contributed by atoms with van der Waals surface area (Å²) >= 11 is 0. The second-order valence-electron chi connectivity index (χ2n) is 3.58. The van der Waals surface area contributed by atoms with Gasteiger partial charge in [-0.05, 0) is 33.1 Å². The first-order valence-electron chi connectivity index (χ1n) is 4.81. The molecular formula is C9H20N2O. The van der Waals surface area contributed by atoms with Gasteiger partial charge in [0.15, 0.2) is 0 Å². The molecule has 0 aliphatic carbocycles. The van der Waals surface area contributed by atoms with E-state index in [0.29, 0.717) is 6.04 Å². The number of likely N-dealkylation sites (N-methyl/N-ethyl adjacent to an activating group) is 2. The van der Waals surface area contributed by atoms with Crippen molar-refractivity contribution in [2.45, 2.75) is 19.4 Å². The van der Waals surface area contributed by atoms with E-state index in [9.17, 15) is 0 Å². The van der Waals surface area contributed by atoms with Gasteiger partial charge in [0.05, 0.1) is 6.61 Å². The second-order valence-corrected chi connectivity index (χ2v) is 3.58. The lowest BCUT2D eigenvalue weighted by atomic mass is 10.2. The van der Waals surface area contributed by atoms with Gasteiger partial charge in [0.2, 0.25) is 0 Å². The number of hydrogen-bond acceptors (Lipinski definition) is 3. The molecular weight excluding hydrogens is 152 g/mol. The van der Waals surface area contributed by atoms with Gasteiger partial charge < -0.3 is 10.0 Å². The summed E-state index contributed by atoms with van der Waals surface area (Å²) in [5.74, 6) is 0. The monoisotopic (exact) mass is 172 g/mol. The zero-order valence-electron chi connectivity index (χ0n) is 8.16. The van der Waals surface area contributed by atoms with E-state index in [1.165, 1.54) is 6.42 Å². The first kappa shape index (κ1) is 9.96. The Morgan fingerprint density at radius 3 is 2.75 bits per heavy atom. The molecule has 3 heteroatoms. The highest BCUT2D eigenvalue weighted by molar-refractivity contribution is 4.76. The average Bonchev–Trinajstić information content (AvgIpc) is 2.26. The molecule has 0 aromatic rings. The minimum Gasteiger partial charge on any atom is -0.395 e. The maximum absolute atomic E-state index is 9.17. The molecule has 1 rings (SSSR count). The highest BCUT2D eigenvalue weighted by Crippen LogP contribution is 2.07. The summed E-state index contributed by atoms with van der Waals surface area (Å²) in [7, 11) is 2.13. The van der Waals surface area contributed by atoms with Crippen molar-refractivity contribution < 1.29 is 5.11 Å². The Morgan fingerprint density at radius 1 is 1.42 bits per heavy atom. The van der Waals surface area contributed by atoms with Crippen molar-refractivity contribution in [1.29, 1.82) is 0 Å². The van der Waals surface area contributed by atoms with Crippen LogP contribution >= 0.6 is 0 Å². The lowest BCUT2D eigenvalue weighted by molar-refractivity contribution is 0.122. The van der Waals surface area contributed by atoms with Crippen LogP contribution in [0.5, 0.6) is 0 Å². The van der Waals surface area contributed by atoms with Crippen LogP contribution in [0.25, 0.3) is 0 Å². The normalized spacial score (nSPS) is 28.8. The molecule has 1 unspecified atom stereocenters. The van der Waals surface area contributed by atoms with Crippen LogP contribution in [-0.4, -0.2) is 60.8 Å². The van der Waals surface area contributed by atoms with Crippen LogP contribution in [-0.2, 0) is 0 Å². The summed E-state index contributed by atoms with van der Waals surface area (Å²) in [5, 5.41) is 9.17. The molecule has 1 aliphatic heterocycles. The van der Waals surface area contributed by atoms with Crippen molar-refractivity contribution in [3.8, 4) is 0 Å². The van der Waals surface area contributed by atoms with E-state index in [1.54, 1.807) is 0 Å². The highest BCUT2D eigenvalue weighted by atomic mass is 16.3. The van der Waals surface area contributed by atoms with Crippen molar-refractivity contribution in [1.82, 2.24) is 9.80 Å². The quantitative estimate of drug-likeness (QED) is 0.635. The summed E-state index contributed by atoms with van der Waals surface area (Å²) < 4.78 is 0. The molecule has 72 valence electrons. The Labute approximate surface area is 75.0 Å². The van der Waals surface area contributed by atoms with E-state index in [4.69, 9.17) is 5.11 Å². The summed E-state index contributed by atoms with van der Waals surface area (Å²) in [6.45, 7) is 6.80. The number of nitrogens with zero attached hydrogens (tertiary/aromatic N) is 2. The lowest BCUT2D eigenvalue weighted by Gasteiger charge is -2.27. The van der Waals surface area contributed by atoms with Crippen molar-refractivity contribution in [2.75, 3.05) is 39.8 Å². The van der Waals surface area contributed by atoms with Gasteiger partial charge in [-0.2, -0.15) is 0 Å². The summed E-state index contributed by atoms with van der Waals surface area (Å²) in [6, 6.07) is 0.350. The van der Waals surface area contributed by atoms with Gasteiger partial charge in [-0.1, -0.05) is 6.92 Å². The van der Waals surface area contributed by atoms with Crippen LogP contribution < -0.4 is 0 Å². The molecule has 1 aliphatic rings. The average molecular weight is 172 g/mol. The first-order valence-corrected chi connectivity index (χ1v) is 4.81. The minimum atomic E-state index is 0.290. The van der Waals surface area contributed by atoms with Gasteiger partial charge in [-0.25, -0.2) is 0 Å². The molecule has 1 atom stereocenters. The van der Waals surface area contributed by atoms with Crippen LogP contribution in [0.4, 0.5) is 0 Å². The molecule has 0 amide bonds. The maximum Gasteiger partial charge on any atom is 0.0599 e. The van der Waals surface area contributed by atoms with Crippen molar-refractivity contribution in [3.63, 3.8) is 0 Å². The van der Waals surface area contributed by atoms with Gasteiger partial charge in [-0.15, -0.1) is 0 Å². The van der Waals surface area contributed by atoms with E-state index in [0.717, 1.165) is 26.2 Å². The van der Waals surface area contributed by atoms with Crippen LogP contribution in [0, 0.1) is 0 Å². The Hall–Kier alpha value is -0.120. The van der Waals surface area contributed by atoms with Gasteiger partial charge in [-0.3, -0.25) is 4.90 Å². The number of aliphatic hydroxyl groups excluding tert-OH is 1. The molecule has 3 nitrogen and oxygen atoms in total. The maximum atomic E-state index is 9.17. The fourth-order valence-electron chi connectivity index (χ4n) is 1.88. The van der Waals surface area contributed by atoms with Gasteiger partial charge in [0, 0.05) is 12.6 Å². The lowest BCUT2D eigenvalue weighted by Crippen LogP contribution is -2.42. The van der Waals surface area contributed by atoms with Gasteiger partial charge in [0.25, 0.3) is 0 Å². The summed E-state index contributed by atoms with van der Waals surface area (Å²) in [4.78, 5) is 4.67. The number of rotatable bonds is 2. The van der Waals surface area contributed by atoms with Crippen molar-refractivity contribution in [2.24, 2.45) is 0 Å². The second kappa shape index (κ2) is 4.80. The van der Waals surface area contributed by atoms with E-state index >= 15 is 0 Å². The fraction of sp³-hybridized carbons (Fsp3) is 1.00. The van der Waals surface area contributed by atoms with Crippen molar-refractivity contribution >= 4 is 0 Å². The smallest absolute Gasteiger partial charge is 0.0599 e. The largest absolute Gasteiger partial charge is 0.395 e. The molecule has 0 aromatic heterocycles. The topological polar surface area (TPSA) is 26.7 Å².